The van der Waals surface area contributed by atoms with Crippen molar-refractivity contribution in [2.45, 2.75) is 26.1 Å². The minimum Gasteiger partial charge on any atom is -0.491 e. The molecule has 90 valence electrons. The first-order valence-corrected chi connectivity index (χ1v) is 5.47. The highest BCUT2D eigenvalue weighted by molar-refractivity contribution is 5.32. The molecule has 1 unspecified atom stereocenters. The van der Waals surface area contributed by atoms with E-state index in [9.17, 15) is 5.11 Å². The Bertz CT molecular complexity index is 468. The second kappa shape index (κ2) is 4.97. The number of hydrogen-bond donors (Lipinski definition) is 2. The largest absolute Gasteiger partial charge is 0.491 e. The molecule has 5 heteroatoms. The Morgan fingerprint density at radius 1 is 1.35 bits per heavy atom. The molecule has 2 rings (SSSR count). The fraction of sp³-hybridized carbons (Fsp3) is 0.333. The number of benzene rings is 1. The van der Waals surface area contributed by atoms with Crippen molar-refractivity contribution in [3.63, 3.8) is 0 Å². The van der Waals surface area contributed by atoms with Gasteiger partial charge in [0, 0.05) is 0 Å². The van der Waals surface area contributed by atoms with Crippen LogP contribution in [0.3, 0.4) is 0 Å². The highest BCUT2D eigenvalue weighted by Gasteiger charge is 2.13. The van der Waals surface area contributed by atoms with Gasteiger partial charge >= 0.3 is 0 Å². The summed E-state index contributed by atoms with van der Waals surface area (Å²) in [6.45, 7) is 3.92. The summed E-state index contributed by atoms with van der Waals surface area (Å²) < 4.78 is 5.57. The number of aliphatic hydroxyl groups is 1. The third-order valence-corrected chi connectivity index (χ3v) is 2.24. The summed E-state index contributed by atoms with van der Waals surface area (Å²) in [5, 5.41) is 16.4. The summed E-state index contributed by atoms with van der Waals surface area (Å²) >= 11 is 0. The summed E-state index contributed by atoms with van der Waals surface area (Å²) in [5.41, 5.74) is 0.722. The smallest absolute Gasteiger partial charge is 0.157 e. The number of rotatable bonds is 4. The van der Waals surface area contributed by atoms with Crippen molar-refractivity contribution < 1.29 is 9.84 Å². The molecule has 17 heavy (non-hydrogen) atoms. The van der Waals surface area contributed by atoms with Gasteiger partial charge in [0.05, 0.1) is 6.10 Å². The summed E-state index contributed by atoms with van der Waals surface area (Å²) in [7, 11) is 0. The van der Waals surface area contributed by atoms with Gasteiger partial charge in [-0.15, -0.1) is 0 Å². The fourth-order valence-electron chi connectivity index (χ4n) is 1.53. The summed E-state index contributed by atoms with van der Waals surface area (Å²) in [5.74, 6) is 1.16. The van der Waals surface area contributed by atoms with E-state index < -0.39 is 6.10 Å². The molecule has 0 amide bonds. The van der Waals surface area contributed by atoms with Crippen molar-refractivity contribution in [1.29, 1.82) is 0 Å². The van der Waals surface area contributed by atoms with Crippen molar-refractivity contribution in [3.05, 3.63) is 42.0 Å². The van der Waals surface area contributed by atoms with Gasteiger partial charge < -0.3 is 9.84 Å². The molecule has 0 radical (unpaired) electrons. The zero-order valence-electron chi connectivity index (χ0n) is 9.79. The minimum atomic E-state index is -0.812. The van der Waals surface area contributed by atoms with Gasteiger partial charge in [0.2, 0.25) is 0 Å². The molecule has 5 nitrogen and oxygen atoms in total. The van der Waals surface area contributed by atoms with E-state index in [0.717, 1.165) is 11.3 Å². The Hall–Kier alpha value is -1.88. The number of H-pyrrole nitrogens is 1. The first-order chi connectivity index (χ1) is 8.16. The molecule has 1 heterocycles. The predicted octanol–water partition coefficient (Wildman–Crippen LogP) is 1.67. The van der Waals surface area contributed by atoms with Crippen LogP contribution in [0.25, 0.3) is 0 Å². The Morgan fingerprint density at radius 3 is 2.82 bits per heavy atom. The lowest BCUT2D eigenvalue weighted by Crippen LogP contribution is -2.07. The van der Waals surface area contributed by atoms with Gasteiger partial charge in [0.15, 0.2) is 5.82 Å². The quantitative estimate of drug-likeness (QED) is 0.842. The second-order valence-corrected chi connectivity index (χ2v) is 4.01. The first kappa shape index (κ1) is 11.6. The van der Waals surface area contributed by atoms with Crippen LogP contribution in [0.5, 0.6) is 5.75 Å². The number of aliphatic hydroxyl groups excluding tert-OH is 1. The summed E-state index contributed by atoms with van der Waals surface area (Å²) in [4.78, 5) is 3.93. The molecule has 0 bridgehead atoms. The molecule has 0 aliphatic rings. The SMILES string of the molecule is CC(C)Oc1cccc(C(O)c2ncn[nH]2)c1. The maximum Gasteiger partial charge on any atom is 0.157 e. The number of aromatic amines is 1. The van der Waals surface area contributed by atoms with E-state index in [-0.39, 0.29) is 6.10 Å². The van der Waals surface area contributed by atoms with Crippen LogP contribution in [0.1, 0.15) is 31.3 Å². The molecule has 0 saturated heterocycles. The standard InChI is InChI=1S/C12H15N3O2/c1-8(2)17-10-5-3-4-9(6-10)11(16)12-13-7-14-15-12/h3-8,11,16H,1-2H3,(H,13,14,15). The molecule has 2 aromatic rings. The maximum absolute atomic E-state index is 10.1. The van der Waals surface area contributed by atoms with Crippen LogP contribution in [-0.4, -0.2) is 26.4 Å². The minimum absolute atomic E-state index is 0.104. The predicted molar refractivity (Wildman–Crippen MR) is 62.7 cm³/mol. The van der Waals surface area contributed by atoms with E-state index >= 15 is 0 Å². The monoisotopic (exact) mass is 233 g/mol. The number of aromatic nitrogens is 3. The van der Waals surface area contributed by atoms with Gasteiger partial charge in [-0.2, -0.15) is 5.10 Å². The van der Waals surface area contributed by atoms with E-state index in [2.05, 4.69) is 15.2 Å². The lowest BCUT2D eigenvalue weighted by Gasteiger charge is -2.12. The van der Waals surface area contributed by atoms with Gasteiger partial charge in [0.1, 0.15) is 18.2 Å². The van der Waals surface area contributed by atoms with E-state index in [0.29, 0.717) is 5.82 Å². The van der Waals surface area contributed by atoms with Gasteiger partial charge in [-0.05, 0) is 31.5 Å². The molecule has 2 N–H and O–H groups in total. The highest BCUT2D eigenvalue weighted by Crippen LogP contribution is 2.23. The normalized spacial score (nSPS) is 12.7. The highest BCUT2D eigenvalue weighted by atomic mass is 16.5. The van der Waals surface area contributed by atoms with Gasteiger partial charge in [-0.1, -0.05) is 12.1 Å². The van der Waals surface area contributed by atoms with E-state index in [1.807, 2.05) is 32.0 Å². The summed E-state index contributed by atoms with van der Waals surface area (Å²) in [6.07, 6.45) is 0.661. The zero-order valence-corrected chi connectivity index (χ0v) is 9.79. The average Bonchev–Trinajstić information content (AvgIpc) is 2.81. The molecule has 0 fully saturated rings. The average molecular weight is 233 g/mol. The molecule has 1 aromatic heterocycles. The lowest BCUT2D eigenvalue weighted by atomic mass is 10.1. The van der Waals surface area contributed by atoms with Crippen LogP contribution in [0, 0.1) is 0 Å². The third kappa shape index (κ3) is 2.82. The molecule has 1 atom stereocenters. The summed E-state index contributed by atoms with van der Waals surface area (Å²) in [6, 6.07) is 7.32. The van der Waals surface area contributed by atoms with Crippen LogP contribution in [0.15, 0.2) is 30.6 Å². The molecule has 0 saturated carbocycles. The van der Waals surface area contributed by atoms with Crippen LogP contribution < -0.4 is 4.74 Å². The van der Waals surface area contributed by atoms with Crippen molar-refractivity contribution in [2.75, 3.05) is 0 Å². The number of nitrogens with one attached hydrogen (secondary N) is 1. The molecule has 0 spiro atoms. The van der Waals surface area contributed by atoms with Gasteiger partial charge in [0.25, 0.3) is 0 Å². The Morgan fingerprint density at radius 2 is 2.18 bits per heavy atom. The second-order valence-electron chi connectivity index (χ2n) is 4.01. The first-order valence-electron chi connectivity index (χ1n) is 5.47. The molecular weight excluding hydrogens is 218 g/mol. The van der Waals surface area contributed by atoms with Crippen molar-refractivity contribution >= 4 is 0 Å². The van der Waals surface area contributed by atoms with E-state index in [1.165, 1.54) is 6.33 Å². The van der Waals surface area contributed by atoms with Crippen molar-refractivity contribution in [2.24, 2.45) is 0 Å². The fourth-order valence-corrected chi connectivity index (χ4v) is 1.53. The Kier molecular flexibility index (Phi) is 3.39. The number of hydrogen-bond acceptors (Lipinski definition) is 4. The molecule has 0 aliphatic carbocycles. The topological polar surface area (TPSA) is 71.0 Å². The van der Waals surface area contributed by atoms with Crippen LogP contribution in [0.2, 0.25) is 0 Å². The number of ether oxygens (including phenoxy) is 1. The van der Waals surface area contributed by atoms with Crippen LogP contribution in [0.4, 0.5) is 0 Å². The van der Waals surface area contributed by atoms with Crippen LogP contribution in [-0.2, 0) is 0 Å². The molecule has 0 aliphatic heterocycles. The third-order valence-electron chi connectivity index (χ3n) is 2.24. The zero-order chi connectivity index (χ0) is 12.3. The maximum atomic E-state index is 10.1. The van der Waals surface area contributed by atoms with Crippen LogP contribution >= 0.6 is 0 Å². The van der Waals surface area contributed by atoms with Gasteiger partial charge in [-0.3, -0.25) is 5.10 Å². The van der Waals surface area contributed by atoms with Gasteiger partial charge in [-0.25, -0.2) is 4.98 Å². The van der Waals surface area contributed by atoms with E-state index in [4.69, 9.17) is 4.74 Å². The van der Waals surface area contributed by atoms with Crippen molar-refractivity contribution in [1.82, 2.24) is 15.2 Å². The van der Waals surface area contributed by atoms with Crippen molar-refractivity contribution in [3.8, 4) is 5.75 Å². The molecule has 1 aromatic carbocycles. The lowest BCUT2D eigenvalue weighted by molar-refractivity contribution is 0.207. The molecular formula is C12H15N3O2. The van der Waals surface area contributed by atoms with E-state index in [1.54, 1.807) is 6.07 Å². The Balaban J connectivity index is 2.21. The Labute approximate surface area is 99.5 Å². The number of nitrogens with zero attached hydrogens (tertiary/aromatic N) is 2.